The predicted octanol–water partition coefficient (Wildman–Crippen LogP) is 4.65. The first kappa shape index (κ1) is 53.4. The summed E-state index contributed by atoms with van der Waals surface area (Å²) in [6, 6.07) is 0. The molecule has 15 heteroatoms. The van der Waals surface area contributed by atoms with Crippen molar-refractivity contribution in [1.82, 2.24) is 0 Å². The number of unbranched alkanes of at least 4 members (excludes halogenated alkanes) is 20. The highest BCUT2D eigenvalue weighted by molar-refractivity contribution is 5.70. The molecule has 0 aromatic heterocycles. The molecule has 7 N–H and O–H groups in total. The quantitative estimate of drug-likeness (QED) is 0.0262. The van der Waals surface area contributed by atoms with Gasteiger partial charge in [-0.15, -0.1) is 6.58 Å². The van der Waals surface area contributed by atoms with Crippen molar-refractivity contribution in [3.8, 4) is 0 Å². The van der Waals surface area contributed by atoms with Crippen molar-refractivity contribution in [3.05, 3.63) is 12.7 Å². The summed E-state index contributed by atoms with van der Waals surface area (Å²) in [7, 11) is 0. The maximum Gasteiger partial charge on any atom is 0.306 e. The molecule has 59 heavy (non-hydrogen) atoms. The standard InChI is InChI=1S/C44H80O15/c1-3-5-7-9-11-13-14-15-16-17-18-19-21-23-25-27-36(47)57-32(29-54-35(46)26-24-22-20-12-10-8-6-4-2)30-55-43-42(53)40(51)38(49)34(59-43)31-56-44-41(52)39(50)37(48)33(28-45)58-44/h3,32-34,37-45,48-53H,1,4-31H2,2H3/t32-,33-,34-,37+,38+,39?,40?,41?,42?,43-,44-/m1/s1. The van der Waals surface area contributed by atoms with Gasteiger partial charge in [0.1, 0.15) is 55.4 Å². The zero-order valence-corrected chi connectivity index (χ0v) is 35.8. The molecule has 2 aliphatic heterocycles. The average molecular weight is 849 g/mol. The van der Waals surface area contributed by atoms with Crippen LogP contribution in [-0.2, 0) is 38.0 Å². The van der Waals surface area contributed by atoms with E-state index in [1.807, 2.05) is 6.08 Å². The molecule has 2 saturated heterocycles. The van der Waals surface area contributed by atoms with E-state index in [1.54, 1.807) is 0 Å². The zero-order valence-electron chi connectivity index (χ0n) is 35.8. The van der Waals surface area contributed by atoms with Gasteiger partial charge in [-0.25, -0.2) is 0 Å². The molecule has 346 valence electrons. The number of hydrogen-bond donors (Lipinski definition) is 7. The number of carbonyl (C=O) groups excluding carboxylic acids is 2. The molecule has 0 bridgehead atoms. The van der Waals surface area contributed by atoms with Gasteiger partial charge in [0.2, 0.25) is 0 Å². The van der Waals surface area contributed by atoms with Gasteiger partial charge in [0, 0.05) is 12.8 Å². The topological polar surface area (TPSA) is 231 Å². The Morgan fingerprint density at radius 1 is 0.559 bits per heavy atom. The van der Waals surface area contributed by atoms with E-state index in [4.69, 9.17) is 28.4 Å². The Labute approximate surface area is 352 Å². The number of rotatable bonds is 35. The number of esters is 2. The van der Waals surface area contributed by atoms with Crippen molar-refractivity contribution in [3.63, 3.8) is 0 Å². The van der Waals surface area contributed by atoms with Crippen molar-refractivity contribution >= 4 is 11.9 Å². The Morgan fingerprint density at radius 3 is 1.51 bits per heavy atom. The van der Waals surface area contributed by atoms with Crippen LogP contribution in [0, 0.1) is 0 Å². The summed E-state index contributed by atoms with van der Waals surface area (Å²) < 4.78 is 33.4. The summed E-state index contributed by atoms with van der Waals surface area (Å²) in [4.78, 5) is 25.5. The largest absolute Gasteiger partial charge is 0.462 e. The van der Waals surface area contributed by atoms with Gasteiger partial charge < -0.3 is 64.2 Å². The van der Waals surface area contributed by atoms with E-state index in [0.29, 0.717) is 12.8 Å². The summed E-state index contributed by atoms with van der Waals surface area (Å²) in [6.45, 7) is 4.07. The maximum absolute atomic E-state index is 12.9. The van der Waals surface area contributed by atoms with Crippen LogP contribution in [0.15, 0.2) is 12.7 Å². The fourth-order valence-electron chi connectivity index (χ4n) is 7.31. The third-order valence-electron chi connectivity index (χ3n) is 11.1. The van der Waals surface area contributed by atoms with Gasteiger partial charge in [-0.2, -0.15) is 0 Å². The molecular weight excluding hydrogens is 768 g/mol. The van der Waals surface area contributed by atoms with E-state index in [2.05, 4.69) is 13.5 Å². The summed E-state index contributed by atoms with van der Waals surface area (Å²) >= 11 is 0. The number of aliphatic hydroxyl groups excluding tert-OH is 7. The van der Waals surface area contributed by atoms with Crippen LogP contribution in [0.3, 0.4) is 0 Å². The van der Waals surface area contributed by atoms with Crippen LogP contribution >= 0.6 is 0 Å². The number of aliphatic hydroxyl groups is 7. The van der Waals surface area contributed by atoms with Crippen LogP contribution in [0.25, 0.3) is 0 Å². The smallest absolute Gasteiger partial charge is 0.306 e. The van der Waals surface area contributed by atoms with Gasteiger partial charge in [0.15, 0.2) is 18.7 Å². The highest BCUT2D eigenvalue weighted by Gasteiger charge is 2.47. The van der Waals surface area contributed by atoms with Crippen molar-refractivity contribution in [2.75, 3.05) is 26.4 Å². The average Bonchev–Trinajstić information content (AvgIpc) is 3.23. The third-order valence-corrected chi connectivity index (χ3v) is 11.1. The number of carbonyl (C=O) groups is 2. The Balaban J connectivity index is 1.83. The van der Waals surface area contributed by atoms with Gasteiger partial charge in [-0.1, -0.05) is 129 Å². The second-order valence-electron chi connectivity index (χ2n) is 16.3. The monoisotopic (exact) mass is 849 g/mol. The molecule has 2 aliphatic rings. The SMILES string of the molecule is C=CCCCCCCCCCCCCCCCC(=O)O[C@H](COC(=O)CCCCCCCCCC)CO[C@@H]1O[C@H](CO[C@@H]2O[C@H](CO)[C@H](O)C(O)C2O)[C@H](O)C(O)C1O. The van der Waals surface area contributed by atoms with Crippen LogP contribution in [0.2, 0.25) is 0 Å². The zero-order chi connectivity index (χ0) is 43.3. The Bertz CT molecular complexity index is 1080. The minimum Gasteiger partial charge on any atom is -0.462 e. The number of allylic oxidation sites excluding steroid dienone is 1. The molecular formula is C44H80O15. The lowest BCUT2D eigenvalue weighted by Gasteiger charge is -2.42. The minimum absolute atomic E-state index is 0.167. The normalized spacial score (nSPS) is 27.7. The van der Waals surface area contributed by atoms with Crippen molar-refractivity contribution in [2.45, 2.75) is 229 Å². The minimum atomic E-state index is -1.76. The van der Waals surface area contributed by atoms with Crippen molar-refractivity contribution in [2.24, 2.45) is 0 Å². The molecule has 0 aromatic rings. The van der Waals surface area contributed by atoms with Crippen molar-refractivity contribution < 1.29 is 73.8 Å². The Morgan fingerprint density at radius 2 is 1.00 bits per heavy atom. The Hall–Kier alpha value is -1.76. The Kier molecular flexibility index (Phi) is 29.8. The van der Waals surface area contributed by atoms with E-state index in [1.165, 1.54) is 83.5 Å². The van der Waals surface area contributed by atoms with Gasteiger partial charge in [-0.3, -0.25) is 9.59 Å². The summed E-state index contributed by atoms with van der Waals surface area (Å²) in [6.07, 6.45) is 10.2. The van der Waals surface area contributed by atoms with Gasteiger partial charge >= 0.3 is 11.9 Å². The maximum atomic E-state index is 12.9. The second-order valence-corrected chi connectivity index (χ2v) is 16.3. The highest BCUT2D eigenvalue weighted by atomic mass is 16.7. The summed E-state index contributed by atoms with van der Waals surface area (Å²) in [5.41, 5.74) is 0. The van der Waals surface area contributed by atoms with E-state index in [9.17, 15) is 45.3 Å². The molecule has 2 fully saturated rings. The molecule has 15 nitrogen and oxygen atoms in total. The highest BCUT2D eigenvalue weighted by Crippen LogP contribution is 2.26. The molecule has 0 aliphatic carbocycles. The van der Waals surface area contributed by atoms with E-state index < -0.39 is 92.7 Å². The summed E-state index contributed by atoms with van der Waals surface area (Å²) in [5, 5.41) is 71.7. The molecule has 0 spiro atoms. The lowest BCUT2D eigenvalue weighted by atomic mass is 9.98. The second kappa shape index (κ2) is 32.9. The van der Waals surface area contributed by atoms with Crippen LogP contribution in [0.1, 0.15) is 161 Å². The van der Waals surface area contributed by atoms with E-state index in [-0.39, 0.29) is 26.1 Å². The predicted molar refractivity (Wildman–Crippen MR) is 220 cm³/mol. The number of ether oxygens (including phenoxy) is 6. The summed E-state index contributed by atoms with van der Waals surface area (Å²) in [5.74, 6) is -0.928. The van der Waals surface area contributed by atoms with Crippen LogP contribution in [0.5, 0.6) is 0 Å². The van der Waals surface area contributed by atoms with Gasteiger partial charge in [0.05, 0.1) is 19.8 Å². The van der Waals surface area contributed by atoms with Gasteiger partial charge in [0.25, 0.3) is 0 Å². The third kappa shape index (κ3) is 22.2. The van der Waals surface area contributed by atoms with Gasteiger partial charge in [-0.05, 0) is 25.7 Å². The fraction of sp³-hybridized carbons (Fsp3) is 0.909. The molecule has 11 atom stereocenters. The molecule has 0 saturated carbocycles. The molecule has 0 amide bonds. The number of hydrogen-bond acceptors (Lipinski definition) is 15. The van der Waals surface area contributed by atoms with Crippen LogP contribution < -0.4 is 0 Å². The lowest BCUT2D eigenvalue weighted by molar-refractivity contribution is -0.332. The molecule has 2 heterocycles. The molecule has 0 radical (unpaired) electrons. The molecule has 2 rings (SSSR count). The molecule has 0 aromatic carbocycles. The van der Waals surface area contributed by atoms with E-state index >= 15 is 0 Å². The first-order valence-electron chi connectivity index (χ1n) is 22.7. The van der Waals surface area contributed by atoms with Crippen LogP contribution in [0.4, 0.5) is 0 Å². The van der Waals surface area contributed by atoms with E-state index in [0.717, 1.165) is 44.9 Å². The fourth-order valence-corrected chi connectivity index (χ4v) is 7.31. The molecule has 4 unspecified atom stereocenters. The van der Waals surface area contributed by atoms with Crippen molar-refractivity contribution in [1.29, 1.82) is 0 Å². The van der Waals surface area contributed by atoms with Crippen LogP contribution in [-0.4, -0.2) is 142 Å². The first-order chi connectivity index (χ1) is 28.5. The lowest BCUT2D eigenvalue weighted by Crippen LogP contribution is -2.61. The first-order valence-corrected chi connectivity index (χ1v) is 22.7.